The van der Waals surface area contributed by atoms with E-state index < -0.39 is 0 Å². The highest BCUT2D eigenvalue weighted by Crippen LogP contribution is 2.26. The molecule has 0 radical (unpaired) electrons. The van der Waals surface area contributed by atoms with Gasteiger partial charge in [0.1, 0.15) is 0 Å². The molecule has 0 saturated heterocycles. The zero-order valence-corrected chi connectivity index (χ0v) is 12.3. The van der Waals surface area contributed by atoms with E-state index in [1.807, 2.05) is 54.7 Å². The van der Waals surface area contributed by atoms with E-state index in [2.05, 4.69) is 21.0 Å². The molecule has 6 N–H and O–H groups in total. The maximum atomic E-state index is 5.66. The number of rotatable bonds is 2. The van der Waals surface area contributed by atoms with Gasteiger partial charge >= 0.3 is 0 Å². The summed E-state index contributed by atoms with van der Waals surface area (Å²) in [5.41, 5.74) is 19.8. The van der Waals surface area contributed by atoms with Crippen LogP contribution >= 0.6 is 0 Å². The molecule has 2 aromatic carbocycles. The molecule has 0 aliphatic rings. The van der Waals surface area contributed by atoms with Crippen molar-refractivity contribution in [2.24, 2.45) is 27.2 Å². The lowest BCUT2D eigenvalue weighted by Crippen LogP contribution is -2.26. The molecule has 0 aliphatic heterocycles. The fourth-order valence-corrected chi connectivity index (χ4v) is 2.27. The largest absolute Gasteiger partial charge is 0.370 e. The van der Waals surface area contributed by atoms with E-state index in [-0.39, 0.29) is 11.9 Å². The summed E-state index contributed by atoms with van der Waals surface area (Å²) >= 11 is 0. The predicted molar refractivity (Wildman–Crippen MR) is 94.3 cm³/mol. The number of fused-ring (bicyclic) bond motifs is 1. The van der Waals surface area contributed by atoms with E-state index >= 15 is 0 Å². The van der Waals surface area contributed by atoms with Gasteiger partial charge in [-0.3, -0.25) is 4.98 Å². The highest BCUT2D eigenvalue weighted by molar-refractivity contribution is 5.93. The molecule has 0 spiro atoms. The molecule has 0 aliphatic carbocycles. The van der Waals surface area contributed by atoms with Gasteiger partial charge in [-0.25, -0.2) is 4.99 Å². The summed E-state index contributed by atoms with van der Waals surface area (Å²) in [5, 5.41) is 1.08. The molecule has 1 heterocycles. The molecular weight excluding hydrogens is 288 g/mol. The van der Waals surface area contributed by atoms with Gasteiger partial charge in [0.15, 0.2) is 5.96 Å². The Labute approximate surface area is 133 Å². The average Bonchev–Trinajstić information content (AvgIpc) is 2.54. The number of aliphatic imine (C=N–C) groups is 2. The minimum Gasteiger partial charge on any atom is -0.370 e. The Kier molecular flexibility index (Phi) is 3.88. The van der Waals surface area contributed by atoms with Crippen molar-refractivity contribution >= 4 is 28.5 Å². The Morgan fingerprint density at radius 3 is 2.52 bits per heavy atom. The number of guanidine groups is 2. The number of hydrogen-bond donors (Lipinski definition) is 3. The van der Waals surface area contributed by atoms with Crippen molar-refractivity contribution in [1.29, 1.82) is 0 Å². The molecule has 23 heavy (non-hydrogen) atoms. The van der Waals surface area contributed by atoms with E-state index in [0.29, 0.717) is 5.69 Å². The maximum absolute atomic E-state index is 5.66. The Morgan fingerprint density at radius 2 is 1.70 bits per heavy atom. The number of hydrogen-bond acceptors (Lipinski definition) is 2. The first-order valence-corrected chi connectivity index (χ1v) is 7.01. The first kappa shape index (κ1) is 14.5. The molecule has 1 aromatic heterocycles. The highest BCUT2D eigenvalue weighted by Gasteiger charge is 2.02. The topological polar surface area (TPSA) is 116 Å². The standard InChI is InChI=1S/C17H16N6/c18-16(19)23-17(20)22-14-6-3-5-11(9-14)13-8-12-4-1-2-7-15(12)21-10-13/h1-10H,(H6,18,19,20,22,23). The first-order valence-electron chi connectivity index (χ1n) is 7.01. The van der Waals surface area contributed by atoms with Crippen LogP contribution in [0, 0.1) is 0 Å². The summed E-state index contributed by atoms with van der Waals surface area (Å²) < 4.78 is 0. The molecule has 0 saturated carbocycles. The van der Waals surface area contributed by atoms with Crippen LogP contribution in [0.15, 0.2) is 70.8 Å². The van der Waals surface area contributed by atoms with Crippen LogP contribution in [-0.2, 0) is 0 Å². The van der Waals surface area contributed by atoms with Crippen molar-refractivity contribution < 1.29 is 0 Å². The average molecular weight is 304 g/mol. The lowest BCUT2D eigenvalue weighted by Gasteiger charge is -2.05. The predicted octanol–water partition coefficient (Wildman–Crippen LogP) is 2.12. The van der Waals surface area contributed by atoms with Crippen molar-refractivity contribution in [1.82, 2.24) is 4.98 Å². The Morgan fingerprint density at radius 1 is 0.870 bits per heavy atom. The van der Waals surface area contributed by atoms with Crippen molar-refractivity contribution in [2.75, 3.05) is 0 Å². The van der Waals surface area contributed by atoms with E-state index in [4.69, 9.17) is 17.2 Å². The SMILES string of the molecule is NC(N)=NC(N)=Nc1cccc(-c2cnc3ccccc3c2)c1. The summed E-state index contributed by atoms with van der Waals surface area (Å²) in [6, 6.07) is 17.7. The third-order valence-electron chi connectivity index (χ3n) is 3.26. The van der Waals surface area contributed by atoms with Gasteiger partial charge in [0.2, 0.25) is 5.96 Å². The highest BCUT2D eigenvalue weighted by atomic mass is 15.1. The van der Waals surface area contributed by atoms with E-state index in [0.717, 1.165) is 22.0 Å². The fraction of sp³-hybridized carbons (Fsp3) is 0. The van der Waals surface area contributed by atoms with Gasteiger partial charge in [0, 0.05) is 17.1 Å². The Balaban J connectivity index is 1.99. The van der Waals surface area contributed by atoms with Gasteiger partial charge in [-0.15, -0.1) is 0 Å². The zero-order valence-electron chi connectivity index (χ0n) is 12.3. The second-order valence-electron chi connectivity index (χ2n) is 4.97. The molecule has 6 nitrogen and oxygen atoms in total. The number of nitrogens with two attached hydrogens (primary N) is 3. The summed E-state index contributed by atoms with van der Waals surface area (Å²) in [6.07, 6.45) is 1.84. The number of nitrogens with zero attached hydrogens (tertiary/aromatic N) is 3. The van der Waals surface area contributed by atoms with Gasteiger partial charge in [0.05, 0.1) is 11.2 Å². The molecule has 0 fully saturated rings. The van der Waals surface area contributed by atoms with Crippen LogP contribution in [0.5, 0.6) is 0 Å². The molecule has 0 atom stereocenters. The molecule has 3 aromatic rings. The third kappa shape index (κ3) is 3.44. The van der Waals surface area contributed by atoms with Gasteiger partial charge in [-0.05, 0) is 29.8 Å². The molecule has 6 heteroatoms. The summed E-state index contributed by atoms with van der Waals surface area (Å²) in [4.78, 5) is 12.3. The molecular formula is C17H16N6. The molecule has 3 rings (SSSR count). The van der Waals surface area contributed by atoms with E-state index in [1.165, 1.54) is 0 Å². The van der Waals surface area contributed by atoms with Gasteiger partial charge in [0.25, 0.3) is 0 Å². The maximum Gasteiger partial charge on any atom is 0.223 e. The van der Waals surface area contributed by atoms with Crippen molar-refractivity contribution in [3.05, 3.63) is 60.8 Å². The summed E-state index contributed by atoms with van der Waals surface area (Å²) in [7, 11) is 0. The number of benzene rings is 2. The fourth-order valence-electron chi connectivity index (χ4n) is 2.27. The van der Waals surface area contributed by atoms with Gasteiger partial charge in [-0.2, -0.15) is 4.99 Å². The van der Waals surface area contributed by atoms with Crippen LogP contribution in [0.2, 0.25) is 0 Å². The van der Waals surface area contributed by atoms with Crippen LogP contribution in [0.3, 0.4) is 0 Å². The summed E-state index contributed by atoms with van der Waals surface area (Å²) in [5.74, 6) is -0.111. The normalized spacial score (nSPS) is 11.4. The smallest absolute Gasteiger partial charge is 0.223 e. The summed E-state index contributed by atoms with van der Waals surface area (Å²) in [6.45, 7) is 0. The van der Waals surface area contributed by atoms with Crippen LogP contribution < -0.4 is 17.2 Å². The molecule has 114 valence electrons. The van der Waals surface area contributed by atoms with Crippen LogP contribution in [-0.4, -0.2) is 16.9 Å². The van der Waals surface area contributed by atoms with Gasteiger partial charge < -0.3 is 17.2 Å². The van der Waals surface area contributed by atoms with Crippen molar-refractivity contribution in [3.8, 4) is 11.1 Å². The van der Waals surface area contributed by atoms with Crippen LogP contribution in [0.1, 0.15) is 0 Å². The quantitative estimate of drug-likeness (QED) is 0.496. The Bertz CT molecular complexity index is 910. The molecule has 0 bridgehead atoms. The lowest BCUT2D eigenvalue weighted by molar-refractivity contribution is 1.38. The second-order valence-corrected chi connectivity index (χ2v) is 4.97. The number of para-hydroxylation sites is 1. The minimum absolute atomic E-state index is 0.0128. The van der Waals surface area contributed by atoms with Crippen LogP contribution in [0.4, 0.5) is 5.69 Å². The first-order chi connectivity index (χ1) is 11.1. The monoisotopic (exact) mass is 304 g/mol. The number of aromatic nitrogens is 1. The van der Waals surface area contributed by atoms with Crippen LogP contribution in [0.25, 0.3) is 22.0 Å². The lowest BCUT2D eigenvalue weighted by atomic mass is 10.0. The van der Waals surface area contributed by atoms with Crippen molar-refractivity contribution in [3.63, 3.8) is 0 Å². The minimum atomic E-state index is -0.124. The third-order valence-corrected chi connectivity index (χ3v) is 3.26. The number of pyridine rings is 1. The molecule has 0 unspecified atom stereocenters. The van der Waals surface area contributed by atoms with E-state index in [1.54, 1.807) is 0 Å². The molecule has 0 amide bonds. The Hall–Kier alpha value is -3.41. The zero-order chi connectivity index (χ0) is 16.2. The van der Waals surface area contributed by atoms with Crippen molar-refractivity contribution in [2.45, 2.75) is 0 Å². The second kappa shape index (κ2) is 6.15. The van der Waals surface area contributed by atoms with E-state index in [9.17, 15) is 0 Å². The van der Waals surface area contributed by atoms with Gasteiger partial charge in [-0.1, -0.05) is 30.3 Å².